The van der Waals surface area contributed by atoms with Gasteiger partial charge in [-0.2, -0.15) is 0 Å². The summed E-state index contributed by atoms with van der Waals surface area (Å²) in [6.07, 6.45) is 8.01. The van der Waals surface area contributed by atoms with Gasteiger partial charge in [0.25, 0.3) is 0 Å². The molecule has 0 atom stereocenters. The maximum Gasteiger partial charge on any atom is 0.167 e. The van der Waals surface area contributed by atoms with Gasteiger partial charge in [0.15, 0.2) is 8.64 Å². The minimum absolute atomic E-state index is 0.828. The van der Waals surface area contributed by atoms with Gasteiger partial charge in [-0.1, -0.05) is 0 Å². The maximum absolute atomic E-state index is 5.29. The van der Waals surface area contributed by atoms with Crippen LogP contribution in [-0.4, -0.2) is 41.1 Å². The Kier molecular flexibility index (Phi) is 12.0. The Morgan fingerprint density at radius 1 is 0.688 bits per heavy atom. The summed E-state index contributed by atoms with van der Waals surface area (Å²) in [4.78, 5) is 0. The van der Waals surface area contributed by atoms with Gasteiger partial charge in [-0.05, 0) is 93.8 Å². The van der Waals surface area contributed by atoms with Crippen molar-refractivity contribution in [3.05, 3.63) is 0 Å². The smallest absolute Gasteiger partial charge is 0.167 e. The van der Waals surface area contributed by atoms with E-state index >= 15 is 0 Å². The third-order valence-electron chi connectivity index (χ3n) is 1.15. The highest BCUT2D eigenvalue weighted by molar-refractivity contribution is 8.90. The first kappa shape index (κ1) is 17.9. The largest absolute Gasteiger partial charge is 0.242 e. The van der Waals surface area contributed by atoms with Crippen molar-refractivity contribution in [1.29, 1.82) is 0 Å². The van der Waals surface area contributed by atoms with Gasteiger partial charge >= 0.3 is 0 Å². The van der Waals surface area contributed by atoms with Gasteiger partial charge in [-0.3, -0.25) is 0 Å². The SMILES string of the molecule is CSN(SC)C(=S)SSC(=S)N(SC)SC. The van der Waals surface area contributed by atoms with Crippen molar-refractivity contribution < 1.29 is 0 Å². The summed E-state index contributed by atoms with van der Waals surface area (Å²) in [6.45, 7) is 0. The molecule has 0 amide bonds. The minimum Gasteiger partial charge on any atom is -0.242 e. The van der Waals surface area contributed by atoms with Gasteiger partial charge in [-0.25, -0.2) is 7.42 Å². The molecule has 0 aromatic carbocycles. The van der Waals surface area contributed by atoms with Crippen molar-refractivity contribution in [3.63, 3.8) is 0 Å². The molecule has 0 fully saturated rings. The lowest BCUT2D eigenvalue weighted by Crippen LogP contribution is -2.12. The minimum atomic E-state index is 0.828. The lowest BCUT2D eigenvalue weighted by Gasteiger charge is -2.20. The van der Waals surface area contributed by atoms with Gasteiger partial charge in [-0.15, -0.1) is 0 Å². The number of thiocarbonyl (C=S) groups is 2. The molecule has 0 saturated heterocycles. The fourth-order valence-electron chi connectivity index (χ4n) is 0.579. The van der Waals surface area contributed by atoms with Crippen LogP contribution >= 0.6 is 93.8 Å². The van der Waals surface area contributed by atoms with E-state index in [9.17, 15) is 0 Å². The Morgan fingerprint density at radius 3 is 1.12 bits per heavy atom. The number of hydrogen-bond donors (Lipinski definition) is 0. The Balaban J connectivity index is 4.04. The number of nitrogens with zero attached hydrogens (tertiary/aromatic N) is 2. The van der Waals surface area contributed by atoms with E-state index in [-0.39, 0.29) is 0 Å². The highest BCUT2D eigenvalue weighted by Gasteiger charge is 2.13. The van der Waals surface area contributed by atoms with E-state index in [0.717, 1.165) is 8.64 Å². The normalized spacial score (nSPS) is 10.0. The number of hydrogen-bond acceptors (Lipinski definition) is 8. The lowest BCUT2D eigenvalue weighted by molar-refractivity contribution is 1.21. The zero-order valence-electron chi connectivity index (χ0n) is 9.16. The predicted octanol–water partition coefficient (Wildman–Crippen LogP) is 4.65. The topological polar surface area (TPSA) is 6.48 Å². The molecule has 0 bridgehead atoms. The molecule has 16 heavy (non-hydrogen) atoms. The molecule has 10 heteroatoms. The van der Waals surface area contributed by atoms with Crippen LogP contribution < -0.4 is 0 Å². The zero-order valence-corrected chi connectivity index (χ0v) is 15.7. The molecule has 94 valence electrons. The highest BCUT2D eigenvalue weighted by Crippen LogP contribution is 2.35. The lowest BCUT2D eigenvalue weighted by atomic mass is 11.5. The molecule has 0 aromatic rings. The van der Waals surface area contributed by atoms with Crippen LogP contribution in [0.2, 0.25) is 0 Å². The zero-order chi connectivity index (χ0) is 12.6. The molecule has 0 aliphatic heterocycles. The van der Waals surface area contributed by atoms with E-state index in [0.29, 0.717) is 0 Å². The van der Waals surface area contributed by atoms with Crippen molar-refractivity contribution in [1.82, 2.24) is 7.42 Å². The molecule has 0 aliphatic rings. The van der Waals surface area contributed by atoms with Crippen LogP contribution in [0.4, 0.5) is 0 Å². The monoisotopic (exact) mass is 368 g/mol. The molecule has 2 nitrogen and oxygen atoms in total. The van der Waals surface area contributed by atoms with Crippen molar-refractivity contribution in [3.8, 4) is 0 Å². The van der Waals surface area contributed by atoms with E-state index in [1.165, 1.54) is 21.6 Å². The van der Waals surface area contributed by atoms with Gasteiger partial charge in [0.1, 0.15) is 0 Å². The Morgan fingerprint density at radius 2 is 0.938 bits per heavy atom. The molecular formula is C6H12N2S8. The van der Waals surface area contributed by atoms with Crippen LogP contribution in [0, 0.1) is 0 Å². The van der Waals surface area contributed by atoms with Crippen LogP contribution in [0.1, 0.15) is 0 Å². The molecule has 0 N–H and O–H groups in total. The van der Waals surface area contributed by atoms with Crippen LogP contribution in [0.3, 0.4) is 0 Å². The summed E-state index contributed by atoms with van der Waals surface area (Å²) in [7, 11) is 3.05. The summed E-state index contributed by atoms with van der Waals surface area (Å²) in [6, 6.07) is 0. The summed E-state index contributed by atoms with van der Waals surface area (Å²) in [5, 5.41) is 0. The van der Waals surface area contributed by atoms with Crippen molar-refractivity contribution in [2.45, 2.75) is 0 Å². The molecule has 0 heterocycles. The second-order valence-corrected chi connectivity index (χ2v) is 8.72. The molecule has 0 saturated carbocycles. The third kappa shape index (κ3) is 6.72. The van der Waals surface area contributed by atoms with E-state index in [2.05, 4.69) is 0 Å². The first-order chi connectivity index (χ1) is 7.60. The van der Waals surface area contributed by atoms with Gasteiger partial charge in [0, 0.05) is 25.0 Å². The summed E-state index contributed by atoms with van der Waals surface area (Å²) in [5.74, 6) is 0. The van der Waals surface area contributed by atoms with Crippen LogP contribution in [0.5, 0.6) is 0 Å². The fraction of sp³-hybridized carbons (Fsp3) is 0.667. The van der Waals surface area contributed by atoms with Crippen molar-refractivity contribution in [2.24, 2.45) is 0 Å². The average molecular weight is 369 g/mol. The van der Waals surface area contributed by atoms with Crippen LogP contribution in [0.15, 0.2) is 0 Å². The van der Waals surface area contributed by atoms with Crippen molar-refractivity contribution in [2.75, 3.05) is 25.0 Å². The first-order valence-electron chi connectivity index (χ1n) is 3.79. The fourth-order valence-corrected chi connectivity index (χ4v) is 6.92. The Labute approximate surface area is 133 Å². The second-order valence-electron chi connectivity index (χ2n) is 1.94. The van der Waals surface area contributed by atoms with Crippen LogP contribution in [0.25, 0.3) is 0 Å². The molecule has 0 spiro atoms. The van der Waals surface area contributed by atoms with Crippen molar-refractivity contribution >= 4 is 102 Å². The quantitative estimate of drug-likeness (QED) is 0.391. The molecule has 0 radical (unpaired) electrons. The predicted molar refractivity (Wildman–Crippen MR) is 98.1 cm³/mol. The number of rotatable bonds is 4. The van der Waals surface area contributed by atoms with Gasteiger partial charge < -0.3 is 0 Å². The molecule has 0 rings (SSSR count). The van der Waals surface area contributed by atoms with Gasteiger partial charge in [0.2, 0.25) is 0 Å². The average Bonchev–Trinajstić information content (AvgIpc) is 2.29. The Bertz CT molecular complexity index is 203. The second kappa shape index (κ2) is 10.8. The molecule has 0 unspecified atom stereocenters. The summed E-state index contributed by atoms with van der Waals surface area (Å²) >= 11 is 17.0. The van der Waals surface area contributed by atoms with E-state index in [4.69, 9.17) is 24.4 Å². The highest BCUT2D eigenvalue weighted by atomic mass is 33.1. The summed E-state index contributed by atoms with van der Waals surface area (Å²) < 4.78 is 5.63. The van der Waals surface area contributed by atoms with Crippen LogP contribution in [-0.2, 0) is 0 Å². The van der Waals surface area contributed by atoms with E-state index in [1.807, 2.05) is 32.4 Å². The van der Waals surface area contributed by atoms with E-state index in [1.54, 1.807) is 47.8 Å². The molecular weight excluding hydrogens is 357 g/mol. The first-order valence-corrected chi connectivity index (χ1v) is 11.5. The maximum atomic E-state index is 5.29. The van der Waals surface area contributed by atoms with E-state index < -0.39 is 0 Å². The third-order valence-corrected chi connectivity index (χ3v) is 9.34. The summed E-state index contributed by atoms with van der Waals surface area (Å²) in [5.41, 5.74) is 0. The standard InChI is InChI=1S/C6H12N2S8/c1-11-7(12-2)5(9)15-16-6(10)8(13-3)14-4/h1-4H3. The van der Waals surface area contributed by atoms with Gasteiger partial charge in [0.05, 0.1) is 0 Å². The Hall–Kier alpha value is 1.88. The molecule has 0 aromatic heterocycles. The molecule has 0 aliphatic carbocycles.